The van der Waals surface area contributed by atoms with Crippen molar-refractivity contribution in [2.24, 2.45) is 0 Å². The third-order valence-electron chi connectivity index (χ3n) is 2.87. The smallest absolute Gasteiger partial charge is 0.304 e. The van der Waals surface area contributed by atoms with Crippen molar-refractivity contribution in [2.45, 2.75) is 25.5 Å². The molecule has 1 aliphatic heterocycles. The largest absolute Gasteiger partial charge is 0.380 e. The lowest BCUT2D eigenvalue weighted by atomic mass is 10.1. The van der Waals surface area contributed by atoms with Gasteiger partial charge in [0.05, 0.1) is 17.1 Å². The molecule has 1 N–H and O–H groups in total. The molecule has 1 aliphatic rings. The van der Waals surface area contributed by atoms with Crippen LogP contribution in [0.5, 0.6) is 0 Å². The number of nitrogens with one attached hydrogen (secondary N) is 1. The molecule has 2 rings (SSSR count). The van der Waals surface area contributed by atoms with Gasteiger partial charge in [0.25, 0.3) is 0 Å². The second kappa shape index (κ2) is 4.67. The van der Waals surface area contributed by atoms with E-state index in [2.05, 4.69) is 5.32 Å². The average Bonchev–Trinajstić information content (AvgIpc) is 2.64. The fourth-order valence-electron chi connectivity index (χ4n) is 1.88. The Morgan fingerprint density at radius 1 is 1.59 bits per heavy atom. The third-order valence-corrected chi connectivity index (χ3v) is 2.87. The predicted octanol–water partition coefficient (Wildman–Crippen LogP) is 2.32. The molecule has 17 heavy (non-hydrogen) atoms. The van der Waals surface area contributed by atoms with Gasteiger partial charge in [-0.1, -0.05) is 0 Å². The number of rotatable bonds is 3. The Morgan fingerprint density at radius 3 is 2.88 bits per heavy atom. The minimum atomic E-state index is -0.827. The predicted molar refractivity (Wildman–Crippen MR) is 60.5 cm³/mol. The maximum Gasteiger partial charge on any atom is 0.304 e. The van der Waals surface area contributed by atoms with Crippen molar-refractivity contribution >= 4 is 11.4 Å². The lowest BCUT2D eigenvalue weighted by Crippen LogP contribution is -2.26. The molecular weight excluding hydrogens is 227 g/mol. The molecule has 1 fully saturated rings. The van der Waals surface area contributed by atoms with Gasteiger partial charge in [0.15, 0.2) is 0 Å². The van der Waals surface area contributed by atoms with Crippen molar-refractivity contribution in [3.63, 3.8) is 0 Å². The molecule has 0 amide bonds. The summed E-state index contributed by atoms with van der Waals surface area (Å²) in [5, 5.41) is 13.6. The van der Waals surface area contributed by atoms with Gasteiger partial charge in [-0.15, -0.1) is 0 Å². The first-order chi connectivity index (χ1) is 8.08. The Balaban J connectivity index is 2.12. The zero-order chi connectivity index (χ0) is 12.4. The van der Waals surface area contributed by atoms with Crippen molar-refractivity contribution in [1.82, 2.24) is 0 Å². The number of nitro benzene ring substituents is 1. The molecule has 1 aromatic carbocycles. The highest BCUT2D eigenvalue weighted by atomic mass is 19.1. The molecule has 2 atom stereocenters. The van der Waals surface area contributed by atoms with Crippen molar-refractivity contribution in [3.05, 3.63) is 34.1 Å². The highest BCUT2D eigenvalue weighted by molar-refractivity contribution is 5.50. The molecule has 0 saturated carbocycles. The van der Waals surface area contributed by atoms with E-state index >= 15 is 0 Å². The Morgan fingerprint density at radius 2 is 2.35 bits per heavy atom. The van der Waals surface area contributed by atoms with E-state index < -0.39 is 16.4 Å². The molecule has 0 spiro atoms. The van der Waals surface area contributed by atoms with Gasteiger partial charge in [0, 0.05) is 24.4 Å². The van der Waals surface area contributed by atoms with Gasteiger partial charge >= 0.3 is 5.69 Å². The summed E-state index contributed by atoms with van der Waals surface area (Å²) >= 11 is 0. The van der Waals surface area contributed by atoms with Crippen molar-refractivity contribution in [3.8, 4) is 0 Å². The maximum absolute atomic E-state index is 13.4. The summed E-state index contributed by atoms with van der Waals surface area (Å²) in [6.45, 7) is 2.61. The second-order valence-corrected chi connectivity index (χ2v) is 4.04. The number of nitrogens with zero attached hydrogens (tertiary/aromatic N) is 1. The fourth-order valence-corrected chi connectivity index (χ4v) is 1.88. The number of nitro groups is 1. The van der Waals surface area contributed by atoms with Crippen LogP contribution >= 0.6 is 0 Å². The van der Waals surface area contributed by atoms with Crippen LogP contribution in [0.3, 0.4) is 0 Å². The van der Waals surface area contributed by atoms with Crippen LogP contribution in [0, 0.1) is 15.9 Å². The molecule has 0 aromatic heterocycles. The molecule has 1 saturated heterocycles. The van der Waals surface area contributed by atoms with E-state index in [4.69, 9.17) is 4.74 Å². The SMILES string of the molecule is CC1OCCC1Nc1ccc([N+](=O)[O-])c(F)c1. The lowest BCUT2D eigenvalue weighted by molar-refractivity contribution is -0.387. The second-order valence-electron chi connectivity index (χ2n) is 4.04. The van der Waals surface area contributed by atoms with E-state index in [-0.39, 0.29) is 12.1 Å². The van der Waals surface area contributed by atoms with Gasteiger partial charge in [-0.25, -0.2) is 0 Å². The van der Waals surface area contributed by atoms with Crippen LogP contribution in [-0.2, 0) is 4.74 Å². The molecule has 0 radical (unpaired) electrons. The van der Waals surface area contributed by atoms with Gasteiger partial charge < -0.3 is 10.1 Å². The van der Waals surface area contributed by atoms with Crippen molar-refractivity contribution < 1.29 is 14.1 Å². The maximum atomic E-state index is 13.4. The monoisotopic (exact) mass is 240 g/mol. The summed E-state index contributed by atoms with van der Waals surface area (Å²) in [5.41, 5.74) is 0.0294. The molecule has 0 bridgehead atoms. The normalized spacial score (nSPS) is 23.6. The van der Waals surface area contributed by atoms with E-state index in [0.29, 0.717) is 12.3 Å². The number of halogens is 1. The summed E-state index contributed by atoms with van der Waals surface area (Å²) in [5.74, 6) is -0.827. The van der Waals surface area contributed by atoms with Gasteiger partial charge in [-0.3, -0.25) is 10.1 Å². The van der Waals surface area contributed by atoms with Crippen LogP contribution in [0.1, 0.15) is 13.3 Å². The summed E-state index contributed by atoms with van der Waals surface area (Å²) in [4.78, 5) is 9.72. The van der Waals surface area contributed by atoms with Crippen LogP contribution in [0.15, 0.2) is 18.2 Å². The molecule has 1 aromatic rings. The lowest BCUT2D eigenvalue weighted by Gasteiger charge is -2.17. The number of hydrogen-bond acceptors (Lipinski definition) is 4. The van der Waals surface area contributed by atoms with Crippen molar-refractivity contribution in [2.75, 3.05) is 11.9 Å². The standard InChI is InChI=1S/C11H13FN2O3/c1-7-10(4-5-17-7)13-8-2-3-11(14(15)16)9(12)6-8/h2-3,6-7,10,13H,4-5H2,1H3. The highest BCUT2D eigenvalue weighted by Crippen LogP contribution is 2.23. The van der Waals surface area contributed by atoms with E-state index in [0.717, 1.165) is 18.6 Å². The van der Waals surface area contributed by atoms with Gasteiger partial charge in [-0.2, -0.15) is 4.39 Å². The van der Waals surface area contributed by atoms with Crippen molar-refractivity contribution in [1.29, 1.82) is 0 Å². The number of ether oxygens (including phenoxy) is 1. The fraction of sp³-hybridized carbons (Fsp3) is 0.455. The van der Waals surface area contributed by atoms with Gasteiger partial charge in [0.2, 0.25) is 5.82 Å². The summed E-state index contributed by atoms with van der Waals surface area (Å²) in [6.07, 6.45) is 0.910. The molecule has 2 unspecified atom stereocenters. The topological polar surface area (TPSA) is 64.4 Å². The molecule has 92 valence electrons. The number of benzene rings is 1. The minimum absolute atomic E-state index is 0.0632. The Hall–Kier alpha value is -1.69. The Kier molecular flexibility index (Phi) is 3.23. The number of anilines is 1. The van der Waals surface area contributed by atoms with E-state index in [1.807, 2.05) is 6.92 Å². The van der Waals surface area contributed by atoms with Crippen LogP contribution in [0.25, 0.3) is 0 Å². The van der Waals surface area contributed by atoms with Gasteiger partial charge in [-0.05, 0) is 19.4 Å². The van der Waals surface area contributed by atoms with Crippen LogP contribution in [0.2, 0.25) is 0 Å². The molecule has 0 aliphatic carbocycles. The van der Waals surface area contributed by atoms with E-state index in [1.165, 1.54) is 6.07 Å². The van der Waals surface area contributed by atoms with Crippen LogP contribution in [-0.4, -0.2) is 23.7 Å². The third kappa shape index (κ3) is 2.52. The first-order valence-corrected chi connectivity index (χ1v) is 5.40. The zero-order valence-corrected chi connectivity index (χ0v) is 9.35. The first kappa shape index (κ1) is 11.8. The van der Waals surface area contributed by atoms with Gasteiger partial charge in [0.1, 0.15) is 0 Å². The van der Waals surface area contributed by atoms with Crippen LogP contribution < -0.4 is 5.32 Å². The first-order valence-electron chi connectivity index (χ1n) is 5.40. The minimum Gasteiger partial charge on any atom is -0.380 e. The quantitative estimate of drug-likeness (QED) is 0.650. The molecule has 1 heterocycles. The zero-order valence-electron chi connectivity index (χ0n) is 9.35. The van der Waals surface area contributed by atoms with E-state index in [1.54, 1.807) is 0 Å². The molecule has 5 nitrogen and oxygen atoms in total. The number of hydrogen-bond donors (Lipinski definition) is 1. The summed E-state index contributed by atoms with van der Waals surface area (Å²) in [7, 11) is 0. The average molecular weight is 240 g/mol. The Labute approximate surface area is 97.7 Å². The Bertz CT molecular complexity index is 439. The summed E-state index contributed by atoms with van der Waals surface area (Å²) in [6, 6.07) is 3.93. The van der Waals surface area contributed by atoms with Crippen LogP contribution in [0.4, 0.5) is 15.8 Å². The molecule has 6 heteroatoms. The highest BCUT2D eigenvalue weighted by Gasteiger charge is 2.24. The van der Waals surface area contributed by atoms with E-state index in [9.17, 15) is 14.5 Å². The molecular formula is C11H13FN2O3. The summed E-state index contributed by atoms with van der Waals surface area (Å²) < 4.78 is 18.7.